The number of phenols is 1. The number of halogens is 1. The Morgan fingerprint density at radius 2 is 2.00 bits per heavy atom. The van der Waals surface area contributed by atoms with Crippen molar-refractivity contribution in [2.45, 2.75) is 13.1 Å². The fraction of sp³-hybridized carbons (Fsp3) is 0.100. The molecule has 5 aromatic rings. The Balaban J connectivity index is 1.43. The Labute approximate surface area is 177 Å². The molecule has 0 spiro atoms. The number of hydrogen-bond donors (Lipinski definition) is 1. The summed E-state index contributed by atoms with van der Waals surface area (Å²) in [5.41, 5.74) is 3.37. The number of fused-ring (bicyclic) bond motifs is 2. The largest absolute Gasteiger partial charge is 0.508 e. The number of aromatic nitrogens is 5. The summed E-state index contributed by atoms with van der Waals surface area (Å²) in [4.78, 5) is 16.3. The first-order valence-electron chi connectivity index (χ1n) is 8.80. The van der Waals surface area contributed by atoms with Crippen LogP contribution in [0.25, 0.3) is 22.0 Å². The van der Waals surface area contributed by atoms with Gasteiger partial charge in [0.25, 0.3) is 0 Å². The predicted octanol–water partition coefficient (Wildman–Crippen LogP) is 3.14. The second-order valence-corrected chi connectivity index (χ2v) is 7.93. The summed E-state index contributed by atoms with van der Waals surface area (Å²) in [6.45, 7) is 0.908. The second kappa shape index (κ2) is 6.99. The maximum absolute atomic E-state index is 11.9. The van der Waals surface area contributed by atoms with Gasteiger partial charge in [0.15, 0.2) is 0 Å². The minimum atomic E-state index is -0.474. The lowest BCUT2D eigenvalue weighted by atomic mass is 10.1. The fourth-order valence-corrected chi connectivity index (χ4v) is 3.82. The third-order valence-electron chi connectivity index (χ3n) is 4.65. The summed E-state index contributed by atoms with van der Waals surface area (Å²) in [5.74, 6) is 0.0445. The molecule has 2 aromatic carbocycles. The van der Waals surface area contributed by atoms with E-state index >= 15 is 0 Å². The molecule has 0 bridgehead atoms. The van der Waals surface area contributed by atoms with Gasteiger partial charge in [0.05, 0.1) is 36.6 Å². The highest BCUT2D eigenvalue weighted by atomic mass is 127. The maximum atomic E-state index is 11.9. The number of nitrogens with zero attached hydrogens (tertiary/aromatic N) is 5. The molecular formula is C20H14IN5O3. The van der Waals surface area contributed by atoms with E-state index in [0.29, 0.717) is 18.7 Å². The molecule has 0 fully saturated rings. The van der Waals surface area contributed by atoms with Gasteiger partial charge in [-0.25, -0.2) is 14.5 Å². The van der Waals surface area contributed by atoms with Crippen LogP contribution in [0.3, 0.4) is 0 Å². The zero-order valence-corrected chi connectivity index (χ0v) is 17.1. The summed E-state index contributed by atoms with van der Waals surface area (Å²) >= 11 is 2.27. The van der Waals surface area contributed by atoms with Gasteiger partial charge in [-0.2, -0.15) is 0 Å². The molecule has 3 aromatic heterocycles. The van der Waals surface area contributed by atoms with Gasteiger partial charge in [0.1, 0.15) is 17.0 Å². The van der Waals surface area contributed by atoms with Crippen molar-refractivity contribution in [1.29, 1.82) is 0 Å². The van der Waals surface area contributed by atoms with Crippen molar-refractivity contribution >= 4 is 44.6 Å². The lowest BCUT2D eigenvalue weighted by Crippen LogP contribution is -2.06. The van der Waals surface area contributed by atoms with E-state index in [-0.39, 0.29) is 5.75 Å². The maximum Gasteiger partial charge on any atom is 0.336 e. The van der Waals surface area contributed by atoms with Crippen LogP contribution in [-0.4, -0.2) is 29.7 Å². The van der Waals surface area contributed by atoms with E-state index in [1.165, 1.54) is 12.1 Å². The Morgan fingerprint density at radius 3 is 2.90 bits per heavy atom. The van der Waals surface area contributed by atoms with E-state index in [0.717, 1.165) is 31.2 Å². The number of rotatable bonds is 4. The molecule has 9 heteroatoms. The van der Waals surface area contributed by atoms with Crippen LogP contribution < -0.4 is 5.63 Å². The van der Waals surface area contributed by atoms with E-state index in [1.54, 1.807) is 23.1 Å². The van der Waals surface area contributed by atoms with Crippen LogP contribution in [0.1, 0.15) is 11.3 Å². The van der Waals surface area contributed by atoms with E-state index in [9.17, 15) is 9.90 Å². The van der Waals surface area contributed by atoms with Gasteiger partial charge in [-0.05, 0) is 58.5 Å². The van der Waals surface area contributed by atoms with Crippen molar-refractivity contribution in [2.75, 3.05) is 0 Å². The quantitative estimate of drug-likeness (QED) is 0.302. The first kappa shape index (κ1) is 17.9. The number of phenolic OH excluding ortho intramolecular Hbond substituents is 1. The predicted molar refractivity (Wildman–Crippen MR) is 115 cm³/mol. The third-order valence-corrected chi connectivity index (χ3v) is 5.32. The highest BCUT2D eigenvalue weighted by molar-refractivity contribution is 14.1. The molecule has 0 aliphatic heterocycles. The van der Waals surface area contributed by atoms with E-state index in [4.69, 9.17) is 4.42 Å². The van der Waals surface area contributed by atoms with Crippen molar-refractivity contribution in [2.24, 2.45) is 0 Å². The average molecular weight is 499 g/mol. The van der Waals surface area contributed by atoms with Crippen molar-refractivity contribution in [3.8, 4) is 5.75 Å². The summed E-state index contributed by atoms with van der Waals surface area (Å²) < 4.78 is 10.0. The van der Waals surface area contributed by atoms with Gasteiger partial charge in [0, 0.05) is 21.1 Å². The van der Waals surface area contributed by atoms with Crippen LogP contribution in [0, 0.1) is 3.57 Å². The first-order chi connectivity index (χ1) is 14.0. The van der Waals surface area contributed by atoms with Crippen molar-refractivity contribution in [1.82, 2.24) is 24.5 Å². The van der Waals surface area contributed by atoms with Crippen molar-refractivity contribution in [3.63, 3.8) is 0 Å². The second-order valence-electron chi connectivity index (χ2n) is 6.68. The molecule has 29 heavy (non-hydrogen) atoms. The third kappa shape index (κ3) is 3.48. The molecule has 0 aliphatic rings. The minimum absolute atomic E-state index is 0.0445. The Bertz CT molecular complexity index is 1420. The van der Waals surface area contributed by atoms with Crippen molar-refractivity contribution < 1.29 is 9.52 Å². The van der Waals surface area contributed by atoms with Gasteiger partial charge in [-0.15, -0.1) is 5.10 Å². The SMILES string of the molecule is O=c1cc(Cn2cc(Cn3cnc4cc(I)ccc43)nn2)c2ccc(O)cc2o1. The molecule has 0 aliphatic carbocycles. The van der Waals surface area contributed by atoms with Crippen LogP contribution >= 0.6 is 22.6 Å². The van der Waals surface area contributed by atoms with E-state index in [1.807, 2.05) is 29.0 Å². The number of hydrogen-bond acceptors (Lipinski definition) is 6. The van der Waals surface area contributed by atoms with Gasteiger partial charge in [-0.1, -0.05) is 5.21 Å². The standard InChI is InChI=1S/C20H14IN5O3/c21-13-1-4-18-17(6-13)22-11-25(18)9-14-10-26(24-23-14)8-12-5-20(28)29-19-7-15(27)2-3-16(12)19/h1-7,10-11,27H,8-9H2. The van der Waals surface area contributed by atoms with Crippen LogP contribution in [0.4, 0.5) is 0 Å². The summed E-state index contributed by atoms with van der Waals surface area (Å²) in [5, 5.41) is 18.8. The van der Waals surface area contributed by atoms with Crippen molar-refractivity contribution in [3.05, 3.63) is 80.2 Å². The Kier molecular flexibility index (Phi) is 4.31. The molecule has 0 saturated heterocycles. The minimum Gasteiger partial charge on any atom is -0.508 e. The average Bonchev–Trinajstić information content (AvgIpc) is 3.28. The van der Waals surface area contributed by atoms with E-state index < -0.39 is 5.63 Å². The van der Waals surface area contributed by atoms with Crippen LogP contribution in [0.2, 0.25) is 0 Å². The molecule has 0 radical (unpaired) electrons. The van der Waals surface area contributed by atoms with E-state index in [2.05, 4.69) is 37.9 Å². The van der Waals surface area contributed by atoms with Gasteiger partial charge >= 0.3 is 5.63 Å². The number of imidazole rings is 1. The molecule has 144 valence electrons. The molecule has 0 unspecified atom stereocenters. The van der Waals surface area contributed by atoms with Gasteiger partial charge in [0.2, 0.25) is 0 Å². The molecule has 8 nitrogen and oxygen atoms in total. The van der Waals surface area contributed by atoms with Crippen LogP contribution in [-0.2, 0) is 13.1 Å². The molecule has 0 amide bonds. The topological polar surface area (TPSA) is 99.0 Å². The molecule has 1 N–H and O–H groups in total. The van der Waals surface area contributed by atoms with Crippen LogP contribution in [0.5, 0.6) is 5.75 Å². The fourth-order valence-electron chi connectivity index (χ4n) is 3.35. The molecule has 5 rings (SSSR count). The zero-order valence-electron chi connectivity index (χ0n) is 15.0. The highest BCUT2D eigenvalue weighted by Crippen LogP contribution is 2.22. The summed E-state index contributed by atoms with van der Waals surface area (Å²) in [7, 11) is 0. The smallest absolute Gasteiger partial charge is 0.336 e. The molecular weight excluding hydrogens is 485 g/mol. The normalized spacial score (nSPS) is 11.5. The molecule has 0 saturated carbocycles. The lowest BCUT2D eigenvalue weighted by molar-refractivity contribution is 0.473. The van der Waals surface area contributed by atoms with Gasteiger partial charge < -0.3 is 14.1 Å². The van der Waals surface area contributed by atoms with Crippen LogP contribution in [0.15, 0.2) is 64.2 Å². The first-order valence-corrected chi connectivity index (χ1v) is 9.88. The molecule has 0 atom stereocenters. The zero-order chi connectivity index (χ0) is 20.0. The van der Waals surface area contributed by atoms with Gasteiger partial charge in [-0.3, -0.25) is 0 Å². The number of benzene rings is 2. The Morgan fingerprint density at radius 1 is 1.10 bits per heavy atom. The Hall–Kier alpha value is -3.21. The highest BCUT2D eigenvalue weighted by Gasteiger charge is 2.10. The molecule has 3 heterocycles. The summed E-state index contributed by atoms with van der Waals surface area (Å²) in [6.07, 6.45) is 3.64. The number of aromatic hydroxyl groups is 1. The lowest BCUT2D eigenvalue weighted by Gasteiger charge is -2.05. The summed E-state index contributed by atoms with van der Waals surface area (Å²) in [6, 6.07) is 12.3. The monoisotopic (exact) mass is 499 g/mol.